The van der Waals surface area contributed by atoms with E-state index in [-0.39, 0.29) is 38.4 Å². The molecule has 8 nitrogen and oxygen atoms in total. The van der Waals surface area contributed by atoms with Crippen LogP contribution in [0.25, 0.3) is 0 Å². The lowest BCUT2D eigenvalue weighted by Gasteiger charge is -2.41. The molecule has 1 fully saturated rings. The predicted molar refractivity (Wildman–Crippen MR) is 98.8 cm³/mol. The van der Waals surface area contributed by atoms with Gasteiger partial charge >= 0.3 is 12.2 Å². The van der Waals surface area contributed by atoms with Crippen LogP contribution >= 0.6 is 0 Å². The summed E-state index contributed by atoms with van der Waals surface area (Å²) in [5.41, 5.74) is 1.21. The fourth-order valence-corrected chi connectivity index (χ4v) is 3.24. The molecule has 0 aliphatic carbocycles. The van der Waals surface area contributed by atoms with Crippen molar-refractivity contribution < 1.29 is 29.5 Å². The summed E-state index contributed by atoms with van der Waals surface area (Å²) < 4.78 is 10.1. The lowest BCUT2D eigenvalue weighted by atomic mass is 10.0. The number of rotatable bonds is 6. The van der Waals surface area contributed by atoms with E-state index in [0.717, 1.165) is 11.4 Å². The van der Waals surface area contributed by atoms with Crippen molar-refractivity contribution >= 4 is 12.2 Å². The third-order valence-electron chi connectivity index (χ3n) is 4.46. The van der Waals surface area contributed by atoms with Crippen LogP contribution in [0.3, 0.4) is 0 Å². The average Bonchev–Trinajstić information content (AvgIpc) is 2.64. The van der Waals surface area contributed by atoms with Gasteiger partial charge in [0, 0.05) is 6.42 Å². The van der Waals surface area contributed by atoms with Crippen LogP contribution in [0.4, 0.5) is 9.59 Å². The smallest absolute Gasteiger partial charge is 0.429 e. The van der Waals surface area contributed by atoms with E-state index >= 15 is 0 Å². The minimum absolute atomic E-state index is 0.0170. The Labute approximate surface area is 160 Å². The molecule has 1 aliphatic heterocycles. The number of nitrogens with zero attached hydrogens (tertiary/aromatic N) is 2. The van der Waals surface area contributed by atoms with Gasteiger partial charge in [0.15, 0.2) is 0 Å². The maximum absolute atomic E-state index is 12.3. The summed E-state index contributed by atoms with van der Waals surface area (Å²) in [7, 11) is 0. The third-order valence-corrected chi connectivity index (χ3v) is 4.46. The van der Waals surface area contributed by atoms with Crippen molar-refractivity contribution in [3.05, 3.63) is 35.9 Å². The minimum atomic E-state index is -0.779. The molecular formula is C19H30N3O5+. The lowest BCUT2D eigenvalue weighted by Crippen LogP contribution is -2.99. The molecule has 1 aliphatic rings. The van der Waals surface area contributed by atoms with E-state index in [1.165, 1.54) is 10.6 Å². The van der Waals surface area contributed by atoms with Gasteiger partial charge in [-0.2, -0.15) is 0 Å². The summed E-state index contributed by atoms with van der Waals surface area (Å²) in [6.07, 6.45) is -1.23. The van der Waals surface area contributed by atoms with Crippen LogP contribution in [-0.2, 0) is 15.9 Å². The normalized spacial score (nSPS) is 20.9. The quantitative estimate of drug-likeness (QED) is 0.760. The topological polar surface area (TPSA) is 95.9 Å². The largest absolute Gasteiger partial charge is 0.448 e. The zero-order chi connectivity index (χ0) is 19.8. The molecule has 1 heterocycles. The van der Waals surface area contributed by atoms with Gasteiger partial charge in [-0.3, -0.25) is 0 Å². The van der Waals surface area contributed by atoms with Crippen molar-refractivity contribution in [3.8, 4) is 0 Å². The number of ether oxygens (including phenoxy) is 2. The maximum atomic E-state index is 12.3. The summed E-state index contributed by atoms with van der Waals surface area (Å²) in [5, 5.41) is 14.9. The summed E-state index contributed by atoms with van der Waals surface area (Å²) in [5.74, 6) is 0. The van der Waals surface area contributed by atoms with Gasteiger partial charge < -0.3 is 19.9 Å². The Balaban J connectivity index is 2.05. The minimum Gasteiger partial charge on any atom is -0.448 e. The highest BCUT2D eigenvalue weighted by Crippen LogP contribution is 2.14. The number of benzene rings is 1. The standard InChI is InChI=1S/C19H29N3O5/c1-4-26-18(24)21-12-16(17(23)13-22(21)19(25)27-5-2)20-14(3)11-15-9-7-6-8-10-15/h6-10,14,16-17,20,23H,4-5,11-13H2,1-3H3/p+1/t14-,16+,17-/m0/s1. The van der Waals surface area contributed by atoms with Gasteiger partial charge in [-0.15, -0.1) is 0 Å². The van der Waals surface area contributed by atoms with E-state index in [1.807, 2.05) is 23.5 Å². The van der Waals surface area contributed by atoms with Crippen molar-refractivity contribution in [1.29, 1.82) is 0 Å². The lowest BCUT2D eigenvalue weighted by molar-refractivity contribution is -0.726. The van der Waals surface area contributed by atoms with E-state index in [1.54, 1.807) is 13.8 Å². The molecule has 1 saturated heterocycles. The van der Waals surface area contributed by atoms with Crippen LogP contribution in [0.1, 0.15) is 26.3 Å². The fraction of sp³-hybridized carbons (Fsp3) is 0.579. The van der Waals surface area contributed by atoms with E-state index in [4.69, 9.17) is 9.47 Å². The summed E-state index contributed by atoms with van der Waals surface area (Å²) in [4.78, 5) is 24.5. The number of hydrazine groups is 1. The van der Waals surface area contributed by atoms with Gasteiger partial charge in [0.1, 0.15) is 18.7 Å². The van der Waals surface area contributed by atoms with Crippen LogP contribution in [0, 0.1) is 0 Å². The first-order valence-corrected chi connectivity index (χ1v) is 9.41. The number of nitrogens with two attached hydrogens (primary N) is 1. The average molecular weight is 380 g/mol. The molecule has 0 bridgehead atoms. The molecule has 0 saturated carbocycles. The zero-order valence-corrected chi connectivity index (χ0v) is 16.2. The van der Waals surface area contributed by atoms with Crippen LogP contribution < -0.4 is 5.32 Å². The molecule has 8 heteroatoms. The van der Waals surface area contributed by atoms with E-state index in [9.17, 15) is 14.7 Å². The Hall–Kier alpha value is -2.32. The molecule has 150 valence electrons. The molecule has 3 atom stereocenters. The molecule has 1 aromatic carbocycles. The van der Waals surface area contributed by atoms with Gasteiger partial charge in [0.2, 0.25) is 0 Å². The second-order valence-electron chi connectivity index (χ2n) is 6.65. The monoisotopic (exact) mass is 380 g/mol. The summed E-state index contributed by atoms with van der Waals surface area (Å²) in [6, 6.07) is 10.0. The molecule has 2 rings (SSSR count). The number of aliphatic hydroxyl groups excluding tert-OH is 1. The number of aliphatic hydroxyl groups is 1. The Morgan fingerprint density at radius 3 is 2.22 bits per heavy atom. The van der Waals surface area contributed by atoms with Crippen molar-refractivity contribution in [3.63, 3.8) is 0 Å². The molecule has 0 unspecified atom stereocenters. The third kappa shape index (κ3) is 5.83. The maximum Gasteiger partial charge on any atom is 0.429 e. The van der Waals surface area contributed by atoms with Crippen molar-refractivity contribution in [2.75, 3.05) is 26.3 Å². The van der Waals surface area contributed by atoms with Gasteiger partial charge in [-0.05, 0) is 26.3 Å². The molecule has 3 N–H and O–H groups in total. The van der Waals surface area contributed by atoms with Crippen LogP contribution in [-0.4, -0.2) is 71.8 Å². The second kappa shape index (κ2) is 10.1. The number of quaternary nitrogens is 1. The predicted octanol–water partition coefficient (Wildman–Crippen LogP) is 0.756. The first-order chi connectivity index (χ1) is 13.0. The molecule has 27 heavy (non-hydrogen) atoms. The van der Waals surface area contributed by atoms with Gasteiger partial charge in [0.05, 0.1) is 25.8 Å². The van der Waals surface area contributed by atoms with Gasteiger partial charge in [-0.25, -0.2) is 19.6 Å². The zero-order valence-electron chi connectivity index (χ0n) is 16.2. The molecular weight excluding hydrogens is 350 g/mol. The second-order valence-corrected chi connectivity index (χ2v) is 6.65. The Morgan fingerprint density at radius 2 is 1.67 bits per heavy atom. The first kappa shape index (κ1) is 21.0. The van der Waals surface area contributed by atoms with Crippen molar-refractivity contribution in [1.82, 2.24) is 10.0 Å². The summed E-state index contributed by atoms with van der Waals surface area (Å²) >= 11 is 0. The Kier molecular flexibility index (Phi) is 7.87. The molecule has 1 aromatic rings. The first-order valence-electron chi connectivity index (χ1n) is 9.41. The van der Waals surface area contributed by atoms with Crippen molar-refractivity contribution in [2.24, 2.45) is 0 Å². The SMILES string of the molecule is CCOC(=O)N1C[C@H](O)[C@H]([NH2+][C@@H](C)Cc2ccccc2)CN1C(=O)OCC. The Bertz CT molecular complexity index is 613. The number of hydrogen-bond acceptors (Lipinski definition) is 5. The van der Waals surface area contributed by atoms with Gasteiger partial charge in [-0.1, -0.05) is 30.3 Å². The highest BCUT2D eigenvalue weighted by molar-refractivity contribution is 5.74. The van der Waals surface area contributed by atoms with E-state index in [0.29, 0.717) is 0 Å². The molecule has 0 radical (unpaired) electrons. The summed E-state index contributed by atoms with van der Waals surface area (Å²) in [6.45, 7) is 6.01. The van der Waals surface area contributed by atoms with E-state index < -0.39 is 18.3 Å². The fourth-order valence-electron chi connectivity index (χ4n) is 3.24. The number of hydrogen-bond donors (Lipinski definition) is 2. The number of β-amino-alcohol motifs (C(OH)–C–C–N with tert-alkyl or cyclic N) is 1. The van der Waals surface area contributed by atoms with Crippen LogP contribution in [0.2, 0.25) is 0 Å². The highest BCUT2D eigenvalue weighted by atomic mass is 16.6. The Morgan fingerprint density at radius 1 is 1.11 bits per heavy atom. The van der Waals surface area contributed by atoms with Crippen molar-refractivity contribution in [2.45, 2.75) is 45.4 Å². The molecule has 2 amide bonds. The molecule has 0 spiro atoms. The number of carbonyl (C=O) groups is 2. The van der Waals surface area contributed by atoms with E-state index in [2.05, 4.69) is 19.1 Å². The van der Waals surface area contributed by atoms with Crippen LogP contribution in [0.15, 0.2) is 30.3 Å². The number of amides is 2. The van der Waals surface area contributed by atoms with Gasteiger partial charge in [0.25, 0.3) is 0 Å². The molecule has 0 aromatic heterocycles. The highest BCUT2D eigenvalue weighted by Gasteiger charge is 2.42. The number of carbonyl (C=O) groups excluding carboxylic acids is 2. The van der Waals surface area contributed by atoms with Crippen LogP contribution in [0.5, 0.6) is 0 Å².